The number of aliphatic imine (C=N–C) groups is 1. The van der Waals surface area contributed by atoms with Gasteiger partial charge in [0.25, 0.3) is 0 Å². The number of methoxy groups -OCH3 is 1. The monoisotopic (exact) mass is 350 g/mol. The van der Waals surface area contributed by atoms with E-state index < -0.39 is 0 Å². The van der Waals surface area contributed by atoms with Gasteiger partial charge in [-0.2, -0.15) is 0 Å². The van der Waals surface area contributed by atoms with Crippen LogP contribution in [-0.2, 0) is 16.1 Å². The van der Waals surface area contributed by atoms with Gasteiger partial charge in [-0.25, -0.2) is 4.99 Å². The predicted molar refractivity (Wildman–Crippen MR) is 100 cm³/mol. The normalized spacial score (nSPS) is 18.3. The molecule has 0 saturated heterocycles. The molecular weight excluding hydrogens is 328 g/mol. The lowest BCUT2D eigenvalue weighted by atomic mass is 10.1. The van der Waals surface area contributed by atoms with Crippen molar-refractivity contribution in [1.29, 1.82) is 0 Å². The molecule has 1 aromatic rings. The van der Waals surface area contributed by atoms with E-state index in [2.05, 4.69) is 44.8 Å². The summed E-state index contributed by atoms with van der Waals surface area (Å²) in [4.78, 5) is 18.7. The molecule has 4 rings (SSSR count). The van der Waals surface area contributed by atoms with Gasteiger partial charge in [0, 0.05) is 62.3 Å². The Balaban J connectivity index is 1.54. The van der Waals surface area contributed by atoms with Crippen molar-refractivity contribution in [3.63, 3.8) is 0 Å². The molecule has 3 aliphatic rings. The molecule has 0 aliphatic carbocycles. The summed E-state index contributed by atoms with van der Waals surface area (Å²) in [7, 11) is 1.70. The summed E-state index contributed by atoms with van der Waals surface area (Å²) in [6, 6.07) is 8.46. The van der Waals surface area contributed by atoms with Gasteiger partial charge < -0.3 is 20.3 Å². The summed E-state index contributed by atoms with van der Waals surface area (Å²) >= 11 is 0. The largest absolute Gasteiger partial charge is 0.383 e. The van der Waals surface area contributed by atoms with Crippen LogP contribution in [0.15, 0.2) is 64.6 Å². The molecule has 0 unspecified atom stereocenters. The zero-order chi connectivity index (χ0) is 17.9. The zero-order valence-electron chi connectivity index (χ0n) is 14.8. The summed E-state index contributed by atoms with van der Waals surface area (Å²) in [5, 5.41) is 6.33. The van der Waals surface area contributed by atoms with Gasteiger partial charge in [0.15, 0.2) is 0 Å². The van der Waals surface area contributed by atoms with E-state index in [1.54, 1.807) is 13.2 Å². The Morgan fingerprint density at radius 3 is 2.92 bits per heavy atom. The van der Waals surface area contributed by atoms with Crippen LogP contribution >= 0.6 is 0 Å². The number of carbonyl (C=O) groups excluding carboxylic acids is 1. The maximum atomic E-state index is 11.8. The van der Waals surface area contributed by atoms with Gasteiger partial charge in [-0.1, -0.05) is 24.3 Å². The Morgan fingerprint density at radius 1 is 1.27 bits per heavy atom. The number of nitrogens with zero attached hydrogens (tertiary/aromatic N) is 2. The highest BCUT2D eigenvalue weighted by atomic mass is 16.5. The molecule has 0 aromatic heterocycles. The predicted octanol–water partition coefficient (Wildman–Crippen LogP) is 1.67. The van der Waals surface area contributed by atoms with Crippen molar-refractivity contribution in [1.82, 2.24) is 15.5 Å². The van der Waals surface area contributed by atoms with E-state index in [-0.39, 0.29) is 5.91 Å². The molecule has 3 aliphatic heterocycles. The number of hydrogen-bond acceptors (Lipinski definition) is 5. The molecule has 6 heteroatoms. The molecule has 26 heavy (non-hydrogen) atoms. The summed E-state index contributed by atoms with van der Waals surface area (Å²) in [5.41, 5.74) is 5.34. The van der Waals surface area contributed by atoms with Crippen molar-refractivity contribution in [2.45, 2.75) is 13.0 Å². The Hall–Kier alpha value is -2.70. The van der Waals surface area contributed by atoms with E-state index in [0.29, 0.717) is 6.61 Å². The lowest BCUT2D eigenvalue weighted by Crippen LogP contribution is -2.31. The fraction of sp³-hybridized carbons (Fsp3) is 0.300. The van der Waals surface area contributed by atoms with Crippen LogP contribution in [0.4, 0.5) is 0 Å². The Morgan fingerprint density at radius 2 is 2.12 bits per heavy atom. The molecule has 0 atom stereocenters. The number of nitrogens with one attached hydrogen (secondary N) is 2. The minimum absolute atomic E-state index is 0.0727. The number of rotatable bonds is 6. The third-order valence-electron chi connectivity index (χ3n) is 4.71. The van der Waals surface area contributed by atoms with E-state index >= 15 is 0 Å². The highest BCUT2D eigenvalue weighted by Crippen LogP contribution is 2.34. The van der Waals surface area contributed by atoms with E-state index in [9.17, 15) is 4.79 Å². The van der Waals surface area contributed by atoms with Gasteiger partial charge in [-0.15, -0.1) is 0 Å². The average molecular weight is 350 g/mol. The van der Waals surface area contributed by atoms with E-state index in [0.717, 1.165) is 54.4 Å². The van der Waals surface area contributed by atoms with Crippen LogP contribution in [0.1, 0.15) is 17.5 Å². The van der Waals surface area contributed by atoms with Crippen LogP contribution in [0.25, 0.3) is 0 Å². The molecular formula is C20H22N4O2. The summed E-state index contributed by atoms with van der Waals surface area (Å²) in [6.45, 7) is 3.19. The van der Waals surface area contributed by atoms with Crippen molar-refractivity contribution in [3.05, 3.63) is 70.7 Å². The van der Waals surface area contributed by atoms with Crippen molar-refractivity contribution in [3.8, 4) is 0 Å². The van der Waals surface area contributed by atoms with Crippen LogP contribution in [0.5, 0.6) is 0 Å². The van der Waals surface area contributed by atoms with Crippen LogP contribution in [-0.4, -0.2) is 43.4 Å². The first-order valence-corrected chi connectivity index (χ1v) is 8.83. The molecule has 134 valence electrons. The molecule has 0 radical (unpaired) electrons. The van der Waals surface area contributed by atoms with Gasteiger partial charge in [-0.05, 0) is 11.6 Å². The Bertz CT molecular complexity index is 834. The number of benzene rings is 1. The van der Waals surface area contributed by atoms with Crippen molar-refractivity contribution in [2.75, 3.05) is 26.8 Å². The molecule has 0 spiro atoms. The lowest BCUT2D eigenvalue weighted by molar-refractivity contribution is -0.115. The lowest BCUT2D eigenvalue weighted by Gasteiger charge is -2.27. The highest BCUT2D eigenvalue weighted by Gasteiger charge is 2.32. The molecule has 0 fully saturated rings. The van der Waals surface area contributed by atoms with E-state index in [1.807, 2.05) is 12.3 Å². The average Bonchev–Trinajstić information content (AvgIpc) is 3.00. The van der Waals surface area contributed by atoms with Crippen molar-refractivity contribution >= 4 is 11.7 Å². The molecule has 1 amide bonds. The minimum atomic E-state index is -0.0727. The summed E-state index contributed by atoms with van der Waals surface area (Å²) in [6.07, 6.45) is 6.07. The molecule has 0 bridgehead atoms. The Kier molecular flexibility index (Phi) is 4.69. The van der Waals surface area contributed by atoms with Crippen LogP contribution in [0, 0.1) is 0 Å². The number of allylic oxidation sites excluding steroid dienone is 1. The number of hydrogen-bond donors (Lipinski definition) is 2. The van der Waals surface area contributed by atoms with Crippen LogP contribution in [0.2, 0.25) is 0 Å². The third-order valence-corrected chi connectivity index (χ3v) is 4.71. The number of carbonyl (C=O) groups is 1. The first-order chi connectivity index (χ1) is 12.8. The standard InChI is InChI=1S/C20H22N4O2/c1-26-11-9-21-12-14-2-4-15(5-3-14)20-22-13-16-6-7-18(25)23-17-8-10-24(20)19(16)17/h2-7,13,21H,8-12H2,1H3,(H,23,25). The fourth-order valence-electron chi connectivity index (χ4n) is 3.43. The molecule has 3 heterocycles. The first kappa shape index (κ1) is 16.8. The smallest absolute Gasteiger partial charge is 0.248 e. The van der Waals surface area contributed by atoms with E-state index in [1.165, 1.54) is 5.56 Å². The van der Waals surface area contributed by atoms with Gasteiger partial charge in [0.1, 0.15) is 5.84 Å². The second-order valence-electron chi connectivity index (χ2n) is 6.46. The molecule has 2 N–H and O–H groups in total. The fourth-order valence-corrected chi connectivity index (χ4v) is 3.43. The maximum absolute atomic E-state index is 11.8. The molecule has 1 aromatic carbocycles. The molecule has 0 saturated carbocycles. The number of ether oxygens (including phenoxy) is 1. The first-order valence-electron chi connectivity index (χ1n) is 8.83. The quantitative estimate of drug-likeness (QED) is 0.766. The highest BCUT2D eigenvalue weighted by molar-refractivity contribution is 6.02. The second-order valence-corrected chi connectivity index (χ2v) is 6.46. The summed E-state index contributed by atoms with van der Waals surface area (Å²) in [5.74, 6) is 0.860. The van der Waals surface area contributed by atoms with Gasteiger partial charge >= 0.3 is 0 Å². The maximum Gasteiger partial charge on any atom is 0.248 e. The van der Waals surface area contributed by atoms with Gasteiger partial charge in [0.05, 0.1) is 12.3 Å². The topological polar surface area (TPSA) is 66.0 Å². The summed E-state index contributed by atoms with van der Waals surface area (Å²) < 4.78 is 5.04. The molecule has 6 nitrogen and oxygen atoms in total. The van der Waals surface area contributed by atoms with Crippen LogP contribution in [0.3, 0.4) is 0 Å². The Labute approximate surface area is 152 Å². The van der Waals surface area contributed by atoms with Crippen LogP contribution < -0.4 is 10.6 Å². The van der Waals surface area contributed by atoms with Gasteiger partial charge in [0.2, 0.25) is 5.91 Å². The van der Waals surface area contributed by atoms with Crippen molar-refractivity contribution in [2.24, 2.45) is 4.99 Å². The van der Waals surface area contributed by atoms with Crippen molar-refractivity contribution < 1.29 is 9.53 Å². The van der Waals surface area contributed by atoms with E-state index in [4.69, 9.17) is 4.74 Å². The number of amides is 1. The number of amidine groups is 1. The minimum Gasteiger partial charge on any atom is -0.383 e. The second kappa shape index (κ2) is 7.27. The third kappa shape index (κ3) is 3.21. The van der Waals surface area contributed by atoms with Gasteiger partial charge in [-0.3, -0.25) is 4.79 Å². The SMILES string of the molecule is COCCNCc1ccc(C2=NC=C3C=CC(=O)NC4=C3N2CC4)cc1. The zero-order valence-corrected chi connectivity index (χ0v) is 14.8.